The van der Waals surface area contributed by atoms with Crippen LogP contribution in [0.2, 0.25) is 5.02 Å². The van der Waals surface area contributed by atoms with Crippen molar-refractivity contribution in [1.82, 2.24) is 10.6 Å². The first-order valence-electron chi connectivity index (χ1n) is 6.99. The number of benzene rings is 1. The highest BCUT2D eigenvalue weighted by molar-refractivity contribution is 7.80. The number of hydrogen-bond acceptors (Lipinski definition) is 2. The maximum atomic E-state index is 11.9. The predicted molar refractivity (Wildman–Crippen MR) is 88.3 cm³/mol. The minimum Gasteiger partial charge on any atom is -0.362 e. The molecule has 110 valence electrons. The molecule has 0 radical (unpaired) electrons. The lowest BCUT2D eigenvalue weighted by molar-refractivity contribution is 0.0977. The number of carbonyl (C=O) groups excluding carboxylic acids is 1. The van der Waals surface area contributed by atoms with Crippen LogP contribution in [0.15, 0.2) is 24.3 Å². The van der Waals surface area contributed by atoms with Crippen LogP contribution in [-0.4, -0.2) is 17.6 Å². The molecule has 2 N–H and O–H groups in total. The van der Waals surface area contributed by atoms with Crippen LogP contribution in [0.3, 0.4) is 0 Å². The fraction of sp³-hybridized carbons (Fsp3) is 0.467. The van der Waals surface area contributed by atoms with E-state index in [2.05, 4.69) is 17.6 Å². The first-order valence-corrected chi connectivity index (χ1v) is 7.77. The number of nitrogens with one attached hydrogen (secondary N) is 2. The van der Waals surface area contributed by atoms with Crippen LogP contribution in [0.25, 0.3) is 0 Å². The van der Waals surface area contributed by atoms with Crippen molar-refractivity contribution in [3.8, 4) is 0 Å². The molecule has 1 aromatic rings. The van der Waals surface area contributed by atoms with E-state index in [0.29, 0.717) is 15.7 Å². The summed E-state index contributed by atoms with van der Waals surface area (Å²) < 4.78 is 0. The molecule has 3 nitrogen and oxygen atoms in total. The zero-order valence-electron chi connectivity index (χ0n) is 11.7. The predicted octanol–water partition coefficient (Wildman–Crippen LogP) is 3.91. The van der Waals surface area contributed by atoms with Gasteiger partial charge in [0.15, 0.2) is 5.11 Å². The average Bonchev–Trinajstić information content (AvgIpc) is 2.43. The van der Waals surface area contributed by atoms with Crippen molar-refractivity contribution < 1.29 is 4.79 Å². The van der Waals surface area contributed by atoms with Gasteiger partial charge in [0.25, 0.3) is 5.91 Å². The number of thiocarbonyl (C=S) groups is 1. The first-order chi connectivity index (χ1) is 9.65. The van der Waals surface area contributed by atoms with E-state index in [-0.39, 0.29) is 5.91 Å². The number of amides is 1. The maximum absolute atomic E-state index is 11.9. The molecule has 0 heterocycles. The van der Waals surface area contributed by atoms with Gasteiger partial charge in [0.2, 0.25) is 0 Å². The van der Waals surface area contributed by atoms with E-state index in [4.69, 9.17) is 23.8 Å². The van der Waals surface area contributed by atoms with Gasteiger partial charge in [-0.2, -0.15) is 0 Å². The van der Waals surface area contributed by atoms with Gasteiger partial charge >= 0.3 is 0 Å². The Balaban J connectivity index is 2.25. The van der Waals surface area contributed by atoms with E-state index >= 15 is 0 Å². The molecule has 5 heteroatoms. The van der Waals surface area contributed by atoms with Crippen LogP contribution in [0.5, 0.6) is 0 Å². The lowest BCUT2D eigenvalue weighted by Gasteiger charge is -2.10. The van der Waals surface area contributed by atoms with Gasteiger partial charge in [-0.25, -0.2) is 0 Å². The molecule has 0 atom stereocenters. The Bertz CT molecular complexity index is 451. The molecule has 0 bridgehead atoms. The Labute approximate surface area is 131 Å². The second kappa shape index (κ2) is 9.72. The summed E-state index contributed by atoms with van der Waals surface area (Å²) in [7, 11) is 0. The third-order valence-electron chi connectivity index (χ3n) is 2.91. The SMILES string of the molecule is CCCCCCCNC(=S)NC(=O)c1ccccc1Cl. The highest BCUT2D eigenvalue weighted by Gasteiger charge is 2.10. The molecule has 0 saturated heterocycles. The number of hydrogen-bond donors (Lipinski definition) is 2. The monoisotopic (exact) mass is 312 g/mol. The van der Waals surface area contributed by atoms with Crippen LogP contribution < -0.4 is 10.6 Å². The molecule has 0 aromatic heterocycles. The summed E-state index contributed by atoms with van der Waals surface area (Å²) in [5.41, 5.74) is 0.432. The van der Waals surface area contributed by atoms with E-state index in [1.807, 2.05) is 0 Å². The second-order valence-electron chi connectivity index (χ2n) is 4.60. The molecule has 1 amide bonds. The van der Waals surface area contributed by atoms with Crippen molar-refractivity contribution >= 4 is 34.8 Å². The zero-order valence-corrected chi connectivity index (χ0v) is 13.3. The van der Waals surface area contributed by atoms with Crippen LogP contribution in [0.4, 0.5) is 0 Å². The third-order valence-corrected chi connectivity index (χ3v) is 3.49. The maximum Gasteiger partial charge on any atom is 0.258 e. The minimum absolute atomic E-state index is 0.279. The van der Waals surface area contributed by atoms with E-state index in [0.717, 1.165) is 13.0 Å². The Morgan fingerprint density at radius 2 is 1.90 bits per heavy atom. The number of unbranched alkanes of at least 4 members (excludes halogenated alkanes) is 4. The summed E-state index contributed by atoms with van der Waals surface area (Å²) in [5.74, 6) is -0.279. The van der Waals surface area contributed by atoms with E-state index in [1.54, 1.807) is 24.3 Å². The molecule has 20 heavy (non-hydrogen) atoms. The fourth-order valence-corrected chi connectivity index (χ4v) is 2.21. The van der Waals surface area contributed by atoms with E-state index < -0.39 is 0 Å². The lowest BCUT2D eigenvalue weighted by atomic mass is 10.1. The molecule has 0 aliphatic heterocycles. The Kier molecular flexibility index (Phi) is 8.23. The van der Waals surface area contributed by atoms with Crippen molar-refractivity contribution in [3.05, 3.63) is 34.9 Å². The molecule has 1 aromatic carbocycles. The summed E-state index contributed by atoms with van der Waals surface area (Å²) in [5, 5.41) is 6.45. The van der Waals surface area contributed by atoms with Crippen molar-refractivity contribution in [2.45, 2.75) is 39.0 Å². The summed E-state index contributed by atoms with van der Waals surface area (Å²) in [4.78, 5) is 11.9. The first kappa shape index (κ1) is 16.9. The van der Waals surface area contributed by atoms with Gasteiger partial charge < -0.3 is 5.32 Å². The second-order valence-corrected chi connectivity index (χ2v) is 5.42. The molecular weight excluding hydrogens is 292 g/mol. The number of halogens is 1. The Hall–Kier alpha value is -1.13. The molecule has 0 saturated carbocycles. The van der Waals surface area contributed by atoms with Gasteiger partial charge in [-0.15, -0.1) is 0 Å². The van der Waals surface area contributed by atoms with Crippen LogP contribution in [0, 0.1) is 0 Å². The summed E-state index contributed by atoms with van der Waals surface area (Å²) in [6, 6.07) is 6.91. The van der Waals surface area contributed by atoms with Gasteiger partial charge in [-0.1, -0.05) is 56.3 Å². The van der Waals surface area contributed by atoms with Crippen LogP contribution in [-0.2, 0) is 0 Å². The molecule has 0 spiro atoms. The summed E-state index contributed by atoms with van der Waals surface area (Å²) in [6.07, 6.45) is 5.99. The average molecular weight is 313 g/mol. The Morgan fingerprint density at radius 3 is 2.60 bits per heavy atom. The van der Waals surface area contributed by atoms with Gasteiger partial charge in [-0.3, -0.25) is 10.1 Å². The molecule has 0 unspecified atom stereocenters. The van der Waals surface area contributed by atoms with Gasteiger partial charge in [0.05, 0.1) is 10.6 Å². The van der Waals surface area contributed by atoms with E-state index in [9.17, 15) is 4.79 Å². The van der Waals surface area contributed by atoms with Crippen LogP contribution >= 0.6 is 23.8 Å². The lowest BCUT2D eigenvalue weighted by Crippen LogP contribution is -2.39. The quantitative estimate of drug-likeness (QED) is 0.592. The normalized spacial score (nSPS) is 10.1. The van der Waals surface area contributed by atoms with Crippen LogP contribution in [0.1, 0.15) is 49.4 Å². The molecule has 0 aliphatic carbocycles. The van der Waals surface area contributed by atoms with Gasteiger partial charge in [-0.05, 0) is 30.8 Å². The van der Waals surface area contributed by atoms with Crippen molar-refractivity contribution in [1.29, 1.82) is 0 Å². The smallest absolute Gasteiger partial charge is 0.258 e. The van der Waals surface area contributed by atoms with Gasteiger partial charge in [0.1, 0.15) is 0 Å². The Morgan fingerprint density at radius 1 is 1.20 bits per heavy atom. The van der Waals surface area contributed by atoms with Crippen molar-refractivity contribution in [2.24, 2.45) is 0 Å². The van der Waals surface area contributed by atoms with Crippen molar-refractivity contribution in [2.75, 3.05) is 6.54 Å². The highest BCUT2D eigenvalue weighted by atomic mass is 35.5. The molecule has 0 aliphatic rings. The summed E-state index contributed by atoms with van der Waals surface area (Å²) >= 11 is 11.0. The summed E-state index contributed by atoms with van der Waals surface area (Å²) in [6.45, 7) is 2.98. The highest BCUT2D eigenvalue weighted by Crippen LogP contribution is 2.14. The standard InChI is InChI=1S/C15H21ClN2OS/c1-2-3-4-5-8-11-17-15(20)18-14(19)12-9-6-7-10-13(12)16/h6-7,9-10H,2-5,8,11H2,1H3,(H2,17,18,19,20). The molecular formula is C15H21ClN2OS. The minimum atomic E-state index is -0.279. The number of rotatable bonds is 7. The van der Waals surface area contributed by atoms with Gasteiger partial charge in [0, 0.05) is 6.54 Å². The van der Waals surface area contributed by atoms with E-state index in [1.165, 1.54) is 25.7 Å². The number of carbonyl (C=O) groups is 1. The van der Waals surface area contributed by atoms with Crippen molar-refractivity contribution in [3.63, 3.8) is 0 Å². The molecule has 0 fully saturated rings. The largest absolute Gasteiger partial charge is 0.362 e. The fourth-order valence-electron chi connectivity index (χ4n) is 1.79. The zero-order chi connectivity index (χ0) is 14.8. The topological polar surface area (TPSA) is 41.1 Å². The third kappa shape index (κ3) is 6.35. The molecule has 1 rings (SSSR count).